The summed E-state index contributed by atoms with van der Waals surface area (Å²) in [6.45, 7) is 6.38. The Kier molecular flexibility index (Phi) is 8.67. The van der Waals surface area contributed by atoms with Crippen LogP contribution in [0.5, 0.6) is 5.75 Å². The minimum atomic E-state index is -0.682. The van der Waals surface area contributed by atoms with Gasteiger partial charge in [0.05, 0.1) is 11.6 Å². The third-order valence-corrected chi connectivity index (χ3v) is 5.26. The van der Waals surface area contributed by atoms with Gasteiger partial charge in [0.1, 0.15) is 10.8 Å². The molecule has 1 aromatic carbocycles. The van der Waals surface area contributed by atoms with Crippen molar-refractivity contribution >= 4 is 35.0 Å². The second-order valence-corrected chi connectivity index (χ2v) is 7.51. The largest absolute Gasteiger partial charge is 0.479 e. The average molecular weight is 416 g/mol. The smallest absolute Gasteiger partial charge is 0.260 e. The molecule has 0 saturated carbocycles. The molecule has 1 saturated heterocycles. The van der Waals surface area contributed by atoms with Gasteiger partial charge in [-0.05, 0) is 38.3 Å². The molecule has 0 aliphatic carbocycles. The highest BCUT2D eigenvalue weighted by molar-refractivity contribution is 6.42. The molecule has 1 unspecified atom stereocenters. The molecule has 27 heavy (non-hydrogen) atoms. The number of rotatable bonds is 8. The summed E-state index contributed by atoms with van der Waals surface area (Å²) in [6, 6.07) is 5.15. The lowest BCUT2D eigenvalue weighted by molar-refractivity contribution is -0.128. The topological polar surface area (TPSA) is 70.7 Å². The van der Waals surface area contributed by atoms with Crippen molar-refractivity contribution < 1.29 is 14.3 Å². The van der Waals surface area contributed by atoms with Crippen LogP contribution < -0.4 is 15.4 Å². The Morgan fingerprint density at radius 1 is 1.30 bits per heavy atom. The van der Waals surface area contributed by atoms with Crippen LogP contribution >= 0.6 is 23.2 Å². The number of piperidine rings is 1. The van der Waals surface area contributed by atoms with Crippen molar-refractivity contribution in [3.05, 3.63) is 28.2 Å². The van der Waals surface area contributed by atoms with E-state index in [4.69, 9.17) is 27.9 Å². The van der Waals surface area contributed by atoms with Crippen molar-refractivity contribution in [2.45, 2.75) is 45.3 Å². The first-order chi connectivity index (χ1) is 12.9. The normalized spacial score (nSPS) is 16.6. The maximum absolute atomic E-state index is 12.4. The minimum absolute atomic E-state index is 0.0553. The number of benzene rings is 1. The quantitative estimate of drug-likeness (QED) is 0.684. The van der Waals surface area contributed by atoms with Gasteiger partial charge in [0.2, 0.25) is 5.91 Å². The summed E-state index contributed by atoms with van der Waals surface area (Å²) in [5.74, 6) is 0.254. The van der Waals surface area contributed by atoms with Gasteiger partial charge in [-0.15, -0.1) is 0 Å². The van der Waals surface area contributed by atoms with Crippen LogP contribution in [0.2, 0.25) is 10.0 Å². The first-order valence-corrected chi connectivity index (χ1v) is 10.1. The molecule has 0 spiro atoms. The molecule has 1 aliphatic heterocycles. The van der Waals surface area contributed by atoms with Crippen molar-refractivity contribution in [2.75, 3.05) is 26.2 Å². The van der Waals surface area contributed by atoms with E-state index >= 15 is 0 Å². The predicted molar refractivity (Wildman–Crippen MR) is 107 cm³/mol. The summed E-state index contributed by atoms with van der Waals surface area (Å²) in [5.41, 5.74) is 0. The molecule has 1 aliphatic rings. The third kappa shape index (κ3) is 6.87. The summed E-state index contributed by atoms with van der Waals surface area (Å²) < 4.78 is 5.65. The molecule has 1 atom stereocenters. The molecule has 8 heteroatoms. The highest BCUT2D eigenvalue weighted by Crippen LogP contribution is 2.32. The number of likely N-dealkylation sites (tertiary alicyclic amines) is 1. The van der Waals surface area contributed by atoms with E-state index in [1.165, 1.54) is 0 Å². The van der Waals surface area contributed by atoms with E-state index in [0.717, 1.165) is 32.4 Å². The molecule has 2 amide bonds. The zero-order valence-corrected chi connectivity index (χ0v) is 17.3. The summed E-state index contributed by atoms with van der Waals surface area (Å²) >= 11 is 12.1. The lowest BCUT2D eigenvalue weighted by atomic mass is 10.0. The van der Waals surface area contributed by atoms with Crippen LogP contribution in [0.4, 0.5) is 0 Å². The Labute approximate surface area is 170 Å². The van der Waals surface area contributed by atoms with Gasteiger partial charge >= 0.3 is 0 Å². The number of carbonyl (C=O) groups is 2. The van der Waals surface area contributed by atoms with Crippen molar-refractivity contribution in [1.82, 2.24) is 15.5 Å². The Morgan fingerprint density at radius 2 is 2.00 bits per heavy atom. The number of hydrogen-bond acceptors (Lipinski definition) is 4. The first-order valence-electron chi connectivity index (χ1n) is 9.30. The van der Waals surface area contributed by atoms with E-state index in [9.17, 15) is 9.59 Å². The summed E-state index contributed by atoms with van der Waals surface area (Å²) in [4.78, 5) is 26.3. The fourth-order valence-corrected chi connectivity index (χ4v) is 3.23. The summed E-state index contributed by atoms with van der Waals surface area (Å²) in [7, 11) is 0. The zero-order valence-electron chi connectivity index (χ0n) is 15.8. The molecule has 0 radical (unpaired) electrons. The van der Waals surface area contributed by atoms with Gasteiger partial charge in [-0.25, -0.2) is 0 Å². The van der Waals surface area contributed by atoms with Gasteiger partial charge in [0, 0.05) is 25.7 Å². The fraction of sp³-hybridized carbons (Fsp3) is 0.579. The molecule has 6 nitrogen and oxygen atoms in total. The van der Waals surface area contributed by atoms with Crippen LogP contribution in [-0.4, -0.2) is 55.0 Å². The highest BCUT2D eigenvalue weighted by Gasteiger charge is 2.25. The van der Waals surface area contributed by atoms with Crippen LogP contribution in [0.15, 0.2) is 18.2 Å². The molecule has 1 fully saturated rings. The minimum Gasteiger partial charge on any atom is -0.479 e. The molecule has 1 heterocycles. The number of nitrogens with one attached hydrogen (secondary N) is 2. The molecule has 2 rings (SSSR count). The highest BCUT2D eigenvalue weighted by atomic mass is 35.5. The van der Waals surface area contributed by atoms with Crippen LogP contribution in [0.3, 0.4) is 0 Å². The lowest BCUT2D eigenvalue weighted by Gasteiger charge is -2.32. The number of hydrogen-bond donors (Lipinski definition) is 2. The number of amides is 2. The Morgan fingerprint density at radius 3 is 2.67 bits per heavy atom. The third-order valence-electron chi connectivity index (χ3n) is 4.46. The van der Waals surface area contributed by atoms with Gasteiger partial charge in [-0.1, -0.05) is 36.2 Å². The van der Waals surface area contributed by atoms with E-state index in [-0.39, 0.29) is 17.9 Å². The standard InChI is InChI=1S/C19H27Cl2N3O3/c1-3-9-22-17(25)12-24-10-7-14(8-11-24)23-19(26)13(2)27-16-6-4-5-15(20)18(16)21/h4-6,13-14H,3,7-12H2,1-2H3,(H,22,25)(H,23,26). The summed E-state index contributed by atoms with van der Waals surface area (Å²) in [5, 5.41) is 6.58. The average Bonchev–Trinajstić information content (AvgIpc) is 2.65. The molecular weight excluding hydrogens is 389 g/mol. The second kappa shape index (κ2) is 10.7. The molecular formula is C19H27Cl2N3O3. The van der Waals surface area contributed by atoms with E-state index in [2.05, 4.69) is 15.5 Å². The van der Waals surface area contributed by atoms with Gasteiger partial charge in [-0.3, -0.25) is 14.5 Å². The predicted octanol–water partition coefficient (Wildman–Crippen LogP) is 2.87. The summed E-state index contributed by atoms with van der Waals surface area (Å²) in [6.07, 6.45) is 1.86. The fourth-order valence-electron chi connectivity index (χ4n) is 2.90. The van der Waals surface area contributed by atoms with E-state index in [1.807, 2.05) is 6.92 Å². The Hall–Kier alpha value is -1.50. The molecule has 1 aromatic rings. The maximum atomic E-state index is 12.4. The van der Waals surface area contributed by atoms with Gasteiger partial charge in [-0.2, -0.15) is 0 Å². The van der Waals surface area contributed by atoms with Crippen LogP contribution in [0.25, 0.3) is 0 Å². The molecule has 0 aromatic heterocycles. The zero-order chi connectivity index (χ0) is 19.8. The molecule has 150 valence electrons. The monoisotopic (exact) mass is 415 g/mol. The SMILES string of the molecule is CCCNC(=O)CN1CCC(NC(=O)C(C)Oc2cccc(Cl)c2Cl)CC1. The van der Waals surface area contributed by atoms with Gasteiger partial charge in [0.15, 0.2) is 6.10 Å². The van der Waals surface area contributed by atoms with Gasteiger partial charge in [0.25, 0.3) is 5.91 Å². The van der Waals surface area contributed by atoms with Crippen molar-refractivity contribution in [1.29, 1.82) is 0 Å². The molecule has 2 N–H and O–H groups in total. The van der Waals surface area contributed by atoms with Gasteiger partial charge < -0.3 is 15.4 Å². The first kappa shape index (κ1) is 21.8. The lowest BCUT2D eigenvalue weighted by Crippen LogP contribution is -2.49. The Balaban J connectivity index is 1.75. The second-order valence-electron chi connectivity index (χ2n) is 6.72. The Bertz CT molecular complexity index is 649. The van der Waals surface area contributed by atoms with Crippen LogP contribution in [0.1, 0.15) is 33.1 Å². The van der Waals surface area contributed by atoms with Crippen molar-refractivity contribution in [2.24, 2.45) is 0 Å². The van der Waals surface area contributed by atoms with Crippen molar-refractivity contribution in [3.63, 3.8) is 0 Å². The van der Waals surface area contributed by atoms with E-state index in [1.54, 1.807) is 25.1 Å². The number of ether oxygens (including phenoxy) is 1. The van der Waals surface area contributed by atoms with E-state index < -0.39 is 6.10 Å². The maximum Gasteiger partial charge on any atom is 0.260 e. The number of halogens is 2. The number of carbonyl (C=O) groups excluding carboxylic acids is 2. The molecule has 0 bridgehead atoms. The van der Waals surface area contributed by atoms with Crippen LogP contribution in [-0.2, 0) is 9.59 Å². The van der Waals surface area contributed by atoms with Crippen LogP contribution in [0, 0.1) is 0 Å². The number of nitrogens with zero attached hydrogens (tertiary/aromatic N) is 1. The van der Waals surface area contributed by atoms with Crippen molar-refractivity contribution in [3.8, 4) is 5.75 Å². The van der Waals surface area contributed by atoms with E-state index in [0.29, 0.717) is 28.9 Å².